The zero-order chi connectivity index (χ0) is 14.2. The van der Waals surface area contributed by atoms with Gasteiger partial charge in [-0.1, -0.05) is 0 Å². The van der Waals surface area contributed by atoms with Crippen LogP contribution in [0.15, 0.2) is 12.1 Å². The van der Waals surface area contributed by atoms with E-state index >= 15 is 0 Å². The third kappa shape index (κ3) is 2.12. The lowest BCUT2D eigenvalue weighted by atomic mass is 10.2. The van der Waals surface area contributed by atoms with Crippen LogP contribution in [0.1, 0.15) is 11.3 Å². The molecule has 0 saturated heterocycles. The number of aromatic nitrogens is 2. The highest BCUT2D eigenvalue weighted by Gasteiger charge is 2.17. The summed E-state index contributed by atoms with van der Waals surface area (Å²) in [4.78, 5) is 0. The fourth-order valence-electron chi connectivity index (χ4n) is 1.69. The molecule has 0 fully saturated rings. The predicted octanol–water partition coefficient (Wildman–Crippen LogP) is 2.76. The van der Waals surface area contributed by atoms with E-state index in [0.29, 0.717) is 5.69 Å². The largest absolute Gasteiger partial charge is 0.337 e. The first kappa shape index (κ1) is 13.0. The topological polar surface area (TPSA) is 53.6 Å². The Morgan fingerprint density at radius 1 is 1.26 bits per heavy atom. The van der Waals surface area contributed by atoms with Crippen LogP contribution < -0.4 is 5.32 Å². The molecule has 0 amide bonds. The summed E-state index contributed by atoms with van der Waals surface area (Å²) in [6.45, 7) is 1.62. The van der Waals surface area contributed by atoms with Crippen LogP contribution in [0.3, 0.4) is 0 Å². The summed E-state index contributed by atoms with van der Waals surface area (Å²) in [7, 11) is 1.55. The van der Waals surface area contributed by atoms with Gasteiger partial charge in [-0.25, -0.2) is 13.2 Å². The number of rotatable bonds is 2. The number of hydrogen-bond acceptors (Lipinski definition) is 3. The van der Waals surface area contributed by atoms with Gasteiger partial charge in [-0.3, -0.25) is 4.68 Å². The van der Waals surface area contributed by atoms with Crippen molar-refractivity contribution in [1.29, 1.82) is 5.26 Å². The summed E-state index contributed by atoms with van der Waals surface area (Å²) in [5, 5.41) is 15.5. The van der Waals surface area contributed by atoms with Gasteiger partial charge in [-0.15, -0.1) is 0 Å². The Balaban J connectivity index is 2.49. The van der Waals surface area contributed by atoms with Crippen molar-refractivity contribution in [2.75, 3.05) is 5.32 Å². The molecule has 7 heteroatoms. The van der Waals surface area contributed by atoms with Crippen molar-refractivity contribution in [3.63, 3.8) is 0 Å². The van der Waals surface area contributed by atoms with Gasteiger partial charge in [0.1, 0.15) is 17.5 Å². The van der Waals surface area contributed by atoms with Gasteiger partial charge in [-0.2, -0.15) is 10.4 Å². The third-order valence-corrected chi connectivity index (χ3v) is 2.62. The van der Waals surface area contributed by atoms with Gasteiger partial charge >= 0.3 is 0 Å². The average molecular weight is 266 g/mol. The van der Waals surface area contributed by atoms with E-state index in [-0.39, 0.29) is 17.1 Å². The minimum atomic E-state index is -1.57. The van der Waals surface area contributed by atoms with Gasteiger partial charge in [-0.05, 0) is 19.1 Å². The molecular weight excluding hydrogens is 257 g/mol. The second-order valence-corrected chi connectivity index (χ2v) is 3.89. The lowest BCUT2D eigenvalue weighted by molar-refractivity contribution is 0.449. The minimum absolute atomic E-state index is 0.213. The molecule has 0 unspecified atom stereocenters. The van der Waals surface area contributed by atoms with Crippen molar-refractivity contribution >= 4 is 11.5 Å². The van der Waals surface area contributed by atoms with Gasteiger partial charge in [0.05, 0.1) is 11.4 Å². The monoisotopic (exact) mass is 266 g/mol. The number of aryl methyl sites for hydroxylation is 2. The molecule has 0 aliphatic carbocycles. The summed E-state index contributed by atoms with van der Waals surface area (Å²) in [6.07, 6.45) is 0. The summed E-state index contributed by atoms with van der Waals surface area (Å²) in [6, 6.07) is 3.77. The first-order valence-electron chi connectivity index (χ1n) is 5.30. The summed E-state index contributed by atoms with van der Waals surface area (Å²) >= 11 is 0. The number of anilines is 2. The molecule has 0 radical (unpaired) electrons. The van der Waals surface area contributed by atoms with Crippen molar-refractivity contribution in [2.24, 2.45) is 7.05 Å². The normalized spacial score (nSPS) is 10.3. The smallest absolute Gasteiger partial charge is 0.196 e. The van der Waals surface area contributed by atoms with Crippen LogP contribution in [0.5, 0.6) is 0 Å². The Morgan fingerprint density at radius 3 is 2.58 bits per heavy atom. The highest BCUT2D eigenvalue weighted by atomic mass is 19.2. The van der Waals surface area contributed by atoms with E-state index in [1.54, 1.807) is 14.0 Å². The van der Waals surface area contributed by atoms with Crippen molar-refractivity contribution in [3.05, 3.63) is 40.8 Å². The zero-order valence-electron chi connectivity index (χ0n) is 10.1. The SMILES string of the molecule is Cc1nn(C)c(Nc2ccc(F)c(F)c2F)c1C#N. The lowest BCUT2D eigenvalue weighted by Gasteiger charge is -2.08. The molecule has 1 heterocycles. The Kier molecular flexibility index (Phi) is 3.17. The van der Waals surface area contributed by atoms with E-state index in [4.69, 9.17) is 5.26 Å². The third-order valence-electron chi connectivity index (χ3n) is 2.62. The highest BCUT2D eigenvalue weighted by Crippen LogP contribution is 2.26. The maximum Gasteiger partial charge on any atom is 0.196 e. The molecule has 0 aliphatic heterocycles. The van der Waals surface area contributed by atoms with Gasteiger partial charge in [0.15, 0.2) is 17.5 Å². The fraction of sp³-hybridized carbons (Fsp3) is 0.167. The number of nitriles is 1. The Labute approximate surface area is 107 Å². The molecule has 0 spiro atoms. The minimum Gasteiger partial charge on any atom is -0.337 e. The van der Waals surface area contributed by atoms with Crippen molar-refractivity contribution in [2.45, 2.75) is 6.92 Å². The van der Waals surface area contributed by atoms with Gasteiger partial charge in [0.25, 0.3) is 0 Å². The number of halogens is 3. The molecule has 98 valence electrons. The van der Waals surface area contributed by atoms with E-state index in [1.807, 2.05) is 6.07 Å². The molecule has 2 aromatic rings. The van der Waals surface area contributed by atoms with Gasteiger partial charge in [0.2, 0.25) is 0 Å². The van der Waals surface area contributed by atoms with Crippen LogP contribution in [0.2, 0.25) is 0 Å². The van der Waals surface area contributed by atoms with E-state index in [1.165, 1.54) is 4.68 Å². The second-order valence-electron chi connectivity index (χ2n) is 3.89. The molecule has 19 heavy (non-hydrogen) atoms. The highest BCUT2D eigenvalue weighted by molar-refractivity contribution is 5.64. The van der Waals surface area contributed by atoms with Crippen LogP contribution in [-0.4, -0.2) is 9.78 Å². The maximum atomic E-state index is 13.5. The van der Waals surface area contributed by atoms with Crippen molar-refractivity contribution in [1.82, 2.24) is 9.78 Å². The summed E-state index contributed by atoms with van der Waals surface area (Å²) in [5.41, 5.74) is 0.403. The molecule has 4 nitrogen and oxygen atoms in total. The Morgan fingerprint density at radius 2 is 1.95 bits per heavy atom. The molecule has 2 rings (SSSR count). The lowest BCUT2D eigenvalue weighted by Crippen LogP contribution is -2.04. The number of nitrogens with zero attached hydrogens (tertiary/aromatic N) is 3. The van der Waals surface area contributed by atoms with Gasteiger partial charge in [0, 0.05) is 7.05 Å². The number of benzene rings is 1. The van der Waals surface area contributed by atoms with Crippen molar-refractivity contribution < 1.29 is 13.2 Å². The molecule has 0 aliphatic rings. The predicted molar refractivity (Wildman–Crippen MR) is 62.3 cm³/mol. The van der Waals surface area contributed by atoms with Crippen LogP contribution in [0.25, 0.3) is 0 Å². The van der Waals surface area contributed by atoms with Crippen LogP contribution >= 0.6 is 0 Å². The van der Waals surface area contributed by atoms with E-state index in [2.05, 4.69) is 10.4 Å². The standard InChI is InChI=1S/C12H9F3N4/c1-6-7(5-16)12(19(2)18-6)17-9-4-3-8(13)10(14)11(9)15/h3-4,17H,1-2H3. The molecule has 0 saturated carbocycles. The summed E-state index contributed by atoms with van der Waals surface area (Å²) < 4.78 is 40.8. The quantitative estimate of drug-likeness (QED) is 0.850. The summed E-state index contributed by atoms with van der Waals surface area (Å²) in [5.74, 6) is -3.97. The Hall–Kier alpha value is -2.49. The number of nitrogens with one attached hydrogen (secondary N) is 1. The molecule has 0 atom stereocenters. The van der Waals surface area contributed by atoms with Crippen LogP contribution in [0.4, 0.5) is 24.7 Å². The maximum absolute atomic E-state index is 13.5. The van der Waals surface area contributed by atoms with E-state index in [9.17, 15) is 13.2 Å². The van der Waals surface area contributed by atoms with Crippen LogP contribution in [-0.2, 0) is 7.05 Å². The molecule has 1 aromatic carbocycles. The molecule has 1 N–H and O–H groups in total. The second kappa shape index (κ2) is 4.65. The number of hydrogen-bond donors (Lipinski definition) is 1. The first-order valence-corrected chi connectivity index (χ1v) is 5.30. The fourth-order valence-corrected chi connectivity index (χ4v) is 1.69. The zero-order valence-corrected chi connectivity index (χ0v) is 10.1. The first-order chi connectivity index (χ1) is 8.95. The molecular formula is C12H9F3N4. The van der Waals surface area contributed by atoms with Crippen LogP contribution in [0, 0.1) is 35.7 Å². The molecule has 0 bridgehead atoms. The Bertz CT molecular complexity index is 685. The van der Waals surface area contributed by atoms with Gasteiger partial charge < -0.3 is 5.32 Å². The van der Waals surface area contributed by atoms with E-state index < -0.39 is 17.5 Å². The average Bonchev–Trinajstić information content (AvgIpc) is 2.64. The molecule has 1 aromatic heterocycles. The van der Waals surface area contributed by atoms with Crippen molar-refractivity contribution in [3.8, 4) is 6.07 Å². The van der Waals surface area contributed by atoms with E-state index in [0.717, 1.165) is 12.1 Å².